The number of ether oxygens (including phenoxy) is 2. The maximum Gasteiger partial charge on any atom is 0.357 e. The Morgan fingerprint density at radius 1 is 1.30 bits per heavy atom. The van der Waals surface area contributed by atoms with Gasteiger partial charge in [-0.1, -0.05) is 0 Å². The Labute approximate surface area is 219 Å². The lowest BCUT2D eigenvalue weighted by Gasteiger charge is -2.52. The minimum Gasteiger partial charge on any atom is -0.481 e. The highest BCUT2D eigenvalue weighted by Crippen LogP contribution is 2.45. The number of nitro benzene ring substituents is 1. The molecule has 1 aromatic heterocycles. The van der Waals surface area contributed by atoms with E-state index in [9.17, 15) is 24.5 Å². The molecule has 2 atom stereocenters. The molecule has 11 nitrogen and oxygen atoms in total. The van der Waals surface area contributed by atoms with Gasteiger partial charge >= 0.3 is 5.97 Å². The van der Waals surface area contributed by atoms with E-state index in [1.807, 2.05) is 11.4 Å². The van der Waals surface area contributed by atoms with Crippen LogP contribution in [-0.2, 0) is 30.5 Å². The van der Waals surface area contributed by atoms with Crippen LogP contribution in [0.2, 0.25) is 0 Å². The van der Waals surface area contributed by atoms with Crippen molar-refractivity contribution < 1.29 is 28.8 Å². The summed E-state index contributed by atoms with van der Waals surface area (Å²) in [6.45, 7) is 1.81. The maximum absolute atomic E-state index is 13.4. The molecule has 4 heterocycles. The standard InChI is InChI=1S/C24H22N4O7S2/c1-14(29)26(19-5-3-11-36-19)21-22(30)27-20(17(13-37-23(21)27)25-18-4-2-10-34-18)24(31)35-12-15-6-8-16(9-7-15)28(32)33/h3,5-9,11,21,23H,2,4,10,12-13H2,1H3/t21-,23-/m1/s1. The van der Waals surface area contributed by atoms with Gasteiger partial charge in [-0.2, -0.15) is 0 Å². The molecule has 0 aliphatic carbocycles. The van der Waals surface area contributed by atoms with Crippen LogP contribution in [0.4, 0.5) is 10.7 Å². The number of fused-ring (bicyclic) bond motifs is 1. The maximum atomic E-state index is 13.4. The highest BCUT2D eigenvalue weighted by molar-refractivity contribution is 8.00. The average Bonchev–Trinajstić information content (AvgIpc) is 3.60. The zero-order valence-corrected chi connectivity index (χ0v) is 21.3. The fourth-order valence-corrected chi connectivity index (χ4v) is 6.43. The van der Waals surface area contributed by atoms with Crippen molar-refractivity contribution in [2.45, 2.75) is 37.8 Å². The molecule has 0 N–H and O–H groups in total. The number of carbonyl (C=O) groups excluding carboxylic acids is 3. The van der Waals surface area contributed by atoms with Gasteiger partial charge in [0.15, 0.2) is 11.6 Å². The number of rotatable bonds is 7. The first kappa shape index (κ1) is 25.0. The van der Waals surface area contributed by atoms with Gasteiger partial charge < -0.3 is 9.47 Å². The largest absolute Gasteiger partial charge is 0.481 e. The minimum atomic E-state index is -0.754. The van der Waals surface area contributed by atoms with Crippen molar-refractivity contribution in [2.75, 3.05) is 17.3 Å². The van der Waals surface area contributed by atoms with Crippen molar-refractivity contribution in [3.8, 4) is 0 Å². The van der Waals surface area contributed by atoms with Gasteiger partial charge in [0, 0.05) is 31.2 Å². The van der Waals surface area contributed by atoms with Crippen molar-refractivity contribution >= 4 is 57.5 Å². The summed E-state index contributed by atoms with van der Waals surface area (Å²) in [4.78, 5) is 57.0. The summed E-state index contributed by atoms with van der Waals surface area (Å²) >= 11 is 2.78. The molecule has 37 heavy (non-hydrogen) atoms. The molecule has 0 radical (unpaired) electrons. The number of thiophene rings is 1. The van der Waals surface area contributed by atoms with E-state index in [1.165, 1.54) is 64.1 Å². The zero-order valence-electron chi connectivity index (χ0n) is 19.7. The normalized spacial score (nSPS) is 21.8. The lowest BCUT2D eigenvalue weighted by molar-refractivity contribution is -0.384. The monoisotopic (exact) mass is 542 g/mol. The van der Waals surface area contributed by atoms with Crippen LogP contribution in [0, 0.1) is 10.1 Å². The van der Waals surface area contributed by atoms with Gasteiger partial charge in [-0.3, -0.25) is 29.5 Å². The lowest BCUT2D eigenvalue weighted by Crippen LogP contribution is -2.71. The number of nitrogens with zero attached hydrogens (tertiary/aromatic N) is 4. The van der Waals surface area contributed by atoms with E-state index < -0.39 is 28.2 Å². The fourth-order valence-electron chi connectivity index (χ4n) is 4.31. The van der Waals surface area contributed by atoms with Gasteiger partial charge in [0.2, 0.25) is 5.91 Å². The number of anilines is 1. The predicted molar refractivity (Wildman–Crippen MR) is 137 cm³/mol. The Balaban J connectivity index is 1.41. The highest BCUT2D eigenvalue weighted by Gasteiger charge is 2.57. The topological polar surface area (TPSA) is 132 Å². The zero-order chi connectivity index (χ0) is 26.1. The molecule has 2 saturated heterocycles. The number of thioether (sulfide) groups is 1. The highest BCUT2D eigenvalue weighted by atomic mass is 32.2. The van der Waals surface area contributed by atoms with Crippen LogP contribution in [0.5, 0.6) is 0 Å². The number of amides is 2. The van der Waals surface area contributed by atoms with Crippen LogP contribution < -0.4 is 4.90 Å². The molecule has 2 fully saturated rings. The van der Waals surface area contributed by atoms with Crippen molar-refractivity contribution in [3.63, 3.8) is 0 Å². The van der Waals surface area contributed by atoms with E-state index >= 15 is 0 Å². The number of hydrogen-bond acceptors (Lipinski definition) is 10. The molecule has 5 rings (SSSR count). The molecule has 192 valence electrons. The Kier molecular flexibility index (Phi) is 6.98. The Morgan fingerprint density at radius 2 is 2.08 bits per heavy atom. The number of non-ortho nitro benzene ring substituents is 1. The van der Waals surface area contributed by atoms with Crippen molar-refractivity contribution in [3.05, 3.63) is 68.9 Å². The third kappa shape index (κ3) is 4.83. The lowest BCUT2D eigenvalue weighted by atomic mass is 10.0. The summed E-state index contributed by atoms with van der Waals surface area (Å²) in [5.74, 6) is -0.567. The van der Waals surface area contributed by atoms with Gasteiger partial charge in [-0.25, -0.2) is 9.79 Å². The quantitative estimate of drug-likeness (QED) is 0.225. The molecular formula is C24H22N4O7S2. The predicted octanol–water partition coefficient (Wildman–Crippen LogP) is 3.46. The second kappa shape index (κ2) is 10.3. The van der Waals surface area contributed by atoms with Crippen molar-refractivity contribution in [2.24, 2.45) is 4.99 Å². The number of hydrogen-bond donors (Lipinski definition) is 0. The number of benzene rings is 1. The van der Waals surface area contributed by atoms with Crippen LogP contribution in [0.25, 0.3) is 0 Å². The smallest absolute Gasteiger partial charge is 0.357 e. The molecule has 2 amide bonds. The molecular weight excluding hydrogens is 520 g/mol. The van der Waals surface area contributed by atoms with E-state index in [0.717, 1.165) is 6.42 Å². The number of β-lactam (4-membered cyclic amide) rings is 1. The fraction of sp³-hybridized carbons (Fsp3) is 0.333. The molecule has 2 aromatic rings. The van der Waals surface area contributed by atoms with Gasteiger partial charge in [0.1, 0.15) is 18.0 Å². The molecule has 3 aliphatic heterocycles. The van der Waals surface area contributed by atoms with E-state index in [1.54, 1.807) is 6.07 Å². The molecule has 0 bridgehead atoms. The van der Waals surface area contributed by atoms with Gasteiger partial charge in [-0.15, -0.1) is 23.1 Å². The Hall–Kier alpha value is -3.71. The number of aliphatic imine (C=N–C) groups is 1. The van der Waals surface area contributed by atoms with E-state index in [2.05, 4.69) is 4.99 Å². The third-order valence-corrected chi connectivity index (χ3v) is 8.17. The molecule has 3 aliphatic rings. The summed E-state index contributed by atoms with van der Waals surface area (Å²) in [6.07, 6.45) is 1.46. The van der Waals surface area contributed by atoms with Crippen molar-refractivity contribution in [1.29, 1.82) is 0 Å². The first-order chi connectivity index (χ1) is 17.8. The molecule has 0 saturated carbocycles. The van der Waals surface area contributed by atoms with Crippen LogP contribution in [0.3, 0.4) is 0 Å². The number of esters is 1. The Bertz CT molecular complexity index is 1300. The van der Waals surface area contributed by atoms with Crippen LogP contribution in [0.15, 0.2) is 58.2 Å². The van der Waals surface area contributed by atoms with Gasteiger partial charge in [0.25, 0.3) is 11.6 Å². The number of nitro groups is 1. The Morgan fingerprint density at radius 3 is 2.70 bits per heavy atom. The second-order valence-electron chi connectivity index (χ2n) is 8.45. The van der Waals surface area contributed by atoms with Gasteiger partial charge in [0.05, 0.1) is 22.2 Å². The molecule has 13 heteroatoms. The molecule has 0 unspecified atom stereocenters. The van der Waals surface area contributed by atoms with E-state index in [-0.39, 0.29) is 23.9 Å². The summed E-state index contributed by atoms with van der Waals surface area (Å²) in [6, 6.07) is 8.49. The summed E-state index contributed by atoms with van der Waals surface area (Å²) in [5.41, 5.74) is 0.896. The van der Waals surface area contributed by atoms with Crippen LogP contribution in [-0.4, -0.2) is 57.3 Å². The summed E-state index contributed by atoms with van der Waals surface area (Å²) < 4.78 is 11.1. The van der Waals surface area contributed by atoms with E-state index in [4.69, 9.17) is 9.47 Å². The van der Waals surface area contributed by atoms with E-state index in [0.29, 0.717) is 40.9 Å². The minimum absolute atomic E-state index is 0.0320. The molecule has 0 spiro atoms. The number of carbonyl (C=O) groups is 3. The molecule has 1 aromatic carbocycles. The average molecular weight is 543 g/mol. The summed E-state index contributed by atoms with van der Waals surface area (Å²) in [7, 11) is 0. The van der Waals surface area contributed by atoms with Crippen LogP contribution in [0.1, 0.15) is 25.3 Å². The van der Waals surface area contributed by atoms with Crippen LogP contribution >= 0.6 is 23.1 Å². The first-order valence-electron chi connectivity index (χ1n) is 11.5. The third-order valence-electron chi connectivity index (χ3n) is 6.05. The second-order valence-corrected chi connectivity index (χ2v) is 10.5. The first-order valence-corrected chi connectivity index (χ1v) is 13.4. The SMILES string of the molecule is CC(=O)N(c1cccs1)[C@@H]1C(=O)N2C(C(=O)OCc3ccc([N+](=O)[O-])cc3)=C(N=C3CCCO3)CS[C@H]12. The van der Waals surface area contributed by atoms with Gasteiger partial charge in [-0.05, 0) is 41.6 Å². The summed E-state index contributed by atoms with van der Waals surface area (Å²) in [5, 5.41) is 12.9. The van der Waals surface area contributed by atoms with Crippen molar-refractivity contribution in [1.82, 2.24) is 4.90 Å².